The topological polar surface area (TPSA) is 59.1 Å². The van der Waals surface area contributed by atoms with Gasteiger partial charge >= 0.3 is 11.9 Å². The van der Waals surface area contributed by atoms with Crippen molar-refractivity contribution in [2.45, 2.75) is 52.6 Å². The normalized spacial score (nSPS) is 12.2. The van der Waals surface area contributed by atoms with Gasteiger partial charge in [0, 0.05) is 58.3 Å². The summed E-state index contributed by atoms with van der Waals surface area (Å²) in [4.78, 5) is 22.4. The van der Waals surface area contributed by atoms with Crippen LogP contribution in [0, 0.1) is 0 Å². The van der Waals surface area contributed by atoms with E-state index in [4.69, 9.17) is 9.47 Å². The Labute approximate surface area is 166 Å². The van der Waals surface area contributed by atoms with Crippen LogP contribution in [0.3, 0.4) is 0 Å². The molecule has 0 aliphatic carbocycles. The molecule has 0 fully saturated rings. The highest BCUT2D eigenvalue weighted by Crippen LogP contribution is 2.38. The Morgan fingerprint density at radius 3 is 1.35 bits per heavy atom. The van der Waals surface area contributed by atoms with E-state index in [2.05, 4.69) is 63.3 Å². The third kappa shape index (κ3) is 10.9. The van der Waals surface area contributed by atoms with Crippen molar-refractivity contribution in [3.8, 4) is 0 Å². The van der Waals surface area contributed by atoms with E-state index in [0.717, 1.165) is 12.2 Å². The fraction of sp³-hybridized carbons (Fsp3) is 0.667. The van der Waals surface area contributed by atoms with Crippen LogP contribution in [0.1, 0.15) is 41.5 Å². The van der Waals surface area contributed by atoms with Gasteiger partial charge < -0.3 is 9.47 Å². The zero-order chi connectivity index (χ0) is 20.4. The first-order valence-electron chi connectivity index (χ1n) is 8.40. The maximum atomic E-state index is 11.2. The summed E-state index contributed by atoms with van der Waals surface area (Å²) >= 11 is 0. The molecule has 0 radical (unpaired) electrons. The molecule has 0 heterocycles. The summed E-state index contributed by atoms with van der Waals surface area (Å²) in [6, 6.07) is 0. The van der Waals surface area contributed by atoms with E-state index in [0.29, 0.717) is 26.3 Å². The summed E-state index contributed by atoms with van der Waals surface area (Å²) in [5.41, 5.74) is -0.228. The molecule has 0 bridgehead atoms. The molecule has 0 aliphatic rings. The average Bonchev–Trinajstić information content (AvgIpc) is 2.53. The Morgan fingerprint density at radius 1 is 0.808 bits per heavy atom. The van der Waals surface area contributed by atoms with Crippen LogP contribution in [0.25, 0.3) is 0 Å². The van der Waals surface area contributed by atoms with Crippen molar-refractivity contribution < 1.29 is 19.1 Å². The zero-order valence-corrected chi connectivity index (χ0v) is 18.4. The van der Waals surface area contributed by atoms with Gasteiger partial charge in [0.2, 0.25) is 0 Å². The molecule has 0 aliphatic heterocycles. The molecule has 150 valence electrons. The van der Waals surface area contributed by atoms with Crippen LogP contribution in [0.2, 0.25) is 0 Å². The van der Waals surface area contributed by atoms with Crippen LogP contribution >= 0.6 is 22.0 Å². The van der Waals surface area contributed by atoms with Crippen molar-refractivity contribution in [1.82, 2.24) is 8.61 Å². The Kier molecular flexibility index (Phi) is 11.3. The molecule has 0 unspecified atom stereocenters. The van der Waals surface area contributed by atoms with E-state index in [1.54, 1.807) is 22.0 Å². The standard InChI is InChI=1S/C18H32N2O4S2/c1-9-15(21)23-13-11-19(17(3,4)5)25-26-20(18(6,7)8)12-14-24-16(22)10-2/h9-10H,1-2,11-14H2,3-8H3. The molecule has 0 rings (SSSR count). The number of hydrogen-bond acceptors (Lipinski definition) is 8. The highest BCUT2D eigenvalue weighted by molar-refractivity contribution is 8.74. The first-order valence-corrected chi connectivity index (χ1v) is 10.5. The van der Waals surface area contributed by atoms with Gasteiger partial charge in [-0.2, -0.15) is 0 Å². The van der Waals surface area contributed by atoms with E-state index in [-0.39, 0.29) is 11.1 Å². The summed E-state index contributed by atoms with van der Waals surface area (Å²) in [5, 5.41) is 0. The van der Waals surface area contributed by atoms with Crippen LogP contribution in [-0.2, 0) is 19.1 Å². The van der Waals surface area contributed by atoms with Crippen LogP contribution in [-0.4, -0.2) is 57.9 Å². The monoisotopic (exact) mass is 404 g/mol. The summed E-state index contributed by atoms with van der Waals surface area (Å²) in [6.07, 6.45) is 2.32. The predicted octanol–water partition coefficient (Wildman–Crippen LogP) is 3.86. The van der Waals surface area contributed by atoms with Crippen molar-refractivity contribution >= 4 is 33.9 Å². The second kappa shape index (κ2) is 11.7. The zero-order valence-electron chi connectivity index (χ0n) is 16.7. The minimum absolute atomic E-state index is 0.114. The van der Waals surface area contributed by atoms with Crippen LogP contribution in [0.5, 0.6) is 0 Å². The Hall–Kier alpha value is -0.960. The third-order valence-electron chi connectivity index (χ3n) is 3.12. The van der Waals surface area contributed by atoms with Crippen molar-refractivity contribution in [3.63, 3.8) is 0 Å². The Bertz CT molecular complexity index is 441. The highest BCUT2D eigenvalue weighted by Gasteiger charge is 2.27. The first kappa shape index (κ1) is 25.0. The molecule has 0 spiro atoms. The van der Waals surface area contributed by atoms with E-state index in [1.165, 1.54) is 0 Å². The van der Waals surface area contributed by atoms with Crippen molar-refractivity contribution in [2.24, 2.45) is 0 Å². The lowest BCUT2D eigenvalue weighted by molar-refractivity contribution is -0.138. The SMILES string of the molecule is C=CC(=O)OCCN(SSN(CCOC(=O)C=C)C(C)(C)C)C(C)(C)C. The quantitative estimate of drug-likeness (QED) is 0.223. The molecule has 0 N–H and O–H groups in total. The molecule has 8 heteroatoms. The van der Waals surface area contributed by atoms with Gasteiger partial charge in [-0.25, -0.2) is 18.2 Å². The fourth-order valence-electron chi connectivity index (χ4n) is 1.63. The molecule has 0 saturated carbocycles. The van der Waals surface area contributed by atoms with E-state index < -0.39 is 11.9 Å². The number of hydrogen-bond donors (Lipinski definition) is 0. The van der Waals surface area contributed by atoms with Crippen LogP contribution < -0.4 is 0 Å². The lowest BCUT2D eigenvalue weighted by Gasteiger charge is -2.38. The van der Waals surface area contributed by atoms with Gasteiger partial charge in [0.15, 0.2) is 0 Å². The molecule has 0 atom stereocenters. The van der Waals surface area contributed by atoms with Gasteiger partial charge in [0.05, 0.1) is 0 Å². The van der Waals surface area contributed by atoms with Crippen molar-refractivity contribution in [1.29, 1.82) is 0 Å². The summed E-state index contributed by atoms with van der Waals surface area (Å²) in [7, 11) is 3.17. The largest absolute Gasteiger partial charge is 0.461 e. The molecule has 26 heavy (non-hydrogen) atoms. The van der Waals surface area contributed by atoms with Gasteiger partial charge in [0.25, 0.3) is 0 Å². The number of nitrogens with zero attached hydrogens (tertiary/aromatic N) is 2. The molecule has 0 aromatic rings. The highest BCUT2D eigenvalue weighted by atomic mass is 33.1. The number of ether oxygens (including phenoxy) is 2. The minimum Gasteiger partial charge on any atom is -0.461 e. The number of carbonyl (C=O) groups is 2. The van der Waals surface area contributed by atoms with E-state index >= 15 is 0 Å². The van der Waals surface area contributed by atoms with Crippen LogP contribution in [0.4, 0.5) is 0 Å². The maximum absolute atomic E-state index is 11.2. The smallest absolute Gasteiger partial charge is 0.330 e. The number of carbonyl (C=O) groups excluding carboxylic acids is 2. The fourth-order valence-corrected chi connectivity index (χ4v) is 4.80. The molecule has 0 saturated heterocycles. The van der Waals surface area contributed by atoms with Gasteiger partial charge in [0.1, 0.15) is 13.2 Å². The van der Waals surface area contributed by atoms with E-state index in [1.807, 2.05) is 0 Å². The van der Waals surface area contributed by atoms with Gasteiger partial charge in [-0.1, -0.05) is 13.2 Å². The number of esters is 2. The molecular weight excluding hydrogens is 372 g/mol. The lowest BCUT2D eigenvalue weighted by Crippen LogP contribution is -2.41. The minimum atomic E-state index is -0.420. The Morgan fingerprint density at radius 2 is 1.12 bits per heavy atom. The van der Waals surface area contributed by atoms with Crippen molar-refractivity contribution in [3.05, 3.63) is 25.3 Å². The molecule has 6 nitrogen and oxygen atoms in total. The summed E-state index contributed by atoms with van der Waals surface area (Å²) in [6.45, 7) is 21.2. The Balaban J connectivity index is 4.72. The maximum Gasteiger partial charge on any atom is 0.330 e. The molecule has 0 aromatic carbocycles. The molecular formula is C18H32N2O4S2. The predicted molar refractivity (Wildman–Crippen MR) is 110 cm³/mol. The third-order valence-corrected chi connectivity index (χ3v) is 6.29. The van der Waals surface area contributed by atoms with Gasteiger partial charge in [-0.05, 0) is 41.5 Å². The second-order valence-corrected chi connectivity index (χ2v) is 9.51. The second-order valence-electron chi connectivity index (χ2n) is 7.44. The van der Waals surface area contributed by atoms with Gasteiger partial charge in [-0.15, -0.1) is 0 Å². The van der Waals surface area contributed by atoms with E-state index in [9.17, 15) is 9.59 Å². The average molecular weight is 405 g/mol. The summed E-state index contributed by atoms with van der Waals surface area (Å²) in [5.74, 6) is -0.839. The molecule has 0 amide bonds. The summed E-state index contributed by atoms with van der Waals surface area (Å²) < 4.78 is 14.5. The lowest BCUT2D eigenvalue weighted by atomic mass is 10.1. The van der Waals surface area contributed by atoms with Gasteiger partial charge in [-0.3, -0.25) is 0 Å². The first-order chi connectivity index (χ1) is 11.9. The van der Waals surface area contributed by atoms with Crippen LogP contribution in [0.15, 0.2) is 25.3 Å². The molecule has 0 aromatic heterocycles. The number of rotatable bonds is 11. The van der Waals surface area contributed by atoms with Crippen molar-refractivity contribution in [2.75, 3.05) is 26.3 Å².